The first kappa shape index (κ1) is 21.2. The summed E-state index contributed by atoms with van der Waals surface area (Å²) in [5.74, 6) is -1.53. The Bertz CT molecular complexity index is 883. The third-order valence-corrected chi connectivity index (χ3v) is 4.07. The van der Waals surface area contributed by atoms with Crippen LogP contribution in [0.15, 0.2) is 30.6 Å². The van der Waals surface area contributed by atoms with Crippen LogP contribution in [0.5, 0.6) is 0 Å². The van der Waals surface area contributed by atoms with Gasteiger partial charge in [-0.05, 0) is 12.1 Å². The summed E-state index contributed by atoms with van der Waals surface area (Å²) in [6, 6.07) is 3.36. The highest BCUT2D eigenvalue weighted by atomic mass is 19.4. The first-order valence-electron chi connectivity index (χ1n) is 7.89. The number of alkyl halides is 3. The number of aryl methyl sites for hydroxylation is 1. The number of carbonyl (C=O) groups excluding carboxylic acids is 1. The molecule has 1 atom stereocenters. The Morgan fingerprint density at radius 1 is 1.43 bits per heavy atom. The zero-order chi connectivity index (χ0) is 21.1. The van der Waals surface area contributed by atoms with Crippen molar-refractivity contribution < 1.29 is 32.7 Å². The van der Waals surface area contributed by atoms with Gasteiger partial charge in [0.1, 0.15) is 11.4 Å². The van der Waals surface area contributed by atoms with E-state index in [1.165, 1.54) is 19.3 Å². The Morgan fingerprint density at radius 2 is 2.11 bits per heavy atom. The molecular weight excluding hydrogens is 385 g/mol. The van der Waals surface area contributed by atoms with E-state index < -0.39 is 40.6 Å². The van der Waals surface area contributed by atoms with Gasteiger partial charge in [-0.15, -0.1) is 0 Å². The number of methoxy groups -OCH3 is 1. The Balaban J connectivity index is 2.22. The number of halogens is 3. The first-order chi connectivity index (χ1) is 13.0. The van der Waals surface area contributed by atoms with Crippen molar-refractivity contribution in [3.63, 3.8) is 0 Å². The number of benzene rings is 1. The number of nitro benzene ring substituents is 1. The van der Waals surface area contributed by atoms with E-state index in [2.05, 4.69) is 15.0 Å². The van der Waals surface area contributed by atoms with Gasteiger partial charge < -0.3 is 19.7 Å². The molecule has 2 rings (SSSR count). The van der Waals surface area contributed by atoms with Crippen LogP contribution in [0.4, 0.5) is 24.5 Å². The van der Waals surface area contributed by atoms with Gasteiger partial charge in [0.15, 0.2) is 0 Å². The third kappa shape index (κ3) is 4.06. The fourth-order valence-corrected chi connectivity index (χ4v) is 2.61. The van der Waals surface area contributed by atoms with E-state index in [4.69, 9.17) is 0 Å². The number of nitro groups is 1. The molecule has 0 spiro atoms. The second-order valence-electron chi connectivity index (χ2n) is 5.88. The Morgan fingerprint density at radius 3 is 2.61 bits per heavy atom. The number of esters is 1. The van der Waals surface area contributed by atoms with Gasteiger partial charge in [-0.3, -0.25) is 10.1 Å². The van der Waals surface area contributed by atoms with Crippen molar-refractivity contribution >= 4 is 17.3 Å². The smallest absolute Gasteiger partial charge is 0.424 e. The third-order valence-electron chi connectivity index (χ3n) is 4.07. The number of aliphatic hydroxyl groups is 1. The summed E-state index contributed by atoms with van der Waals surface area (Å²) in [5, 5.41) is 23.8. The standard InChI is InChI=1S/C16H17F3N4O5/c1-22-8-7-21-14(22)15(25,16(17,18)19)5-6-20-10-3-4-12(23(26)27)11(9-10)13(24)28-2/h3-4,7-9,20,25H,5-6H2,1-2H3. The number of ether oxygens (including phenoxy) is 1. The maximum Gasteiger partial charge on any atom is 0.424 e. The lowest BCUT2D eigenvalue weighted by Gasteiger charge is -2.30. The van der Waals surface area contributed by atoms with E-state index in [-0.39, 0.29) is 17.8 Å². The molecule has 0 saturated heterocycles. The van der Waals surface area contributed by atoms with Gasteiger partial charge in [0.2, 0.25) is 5.60 Å². The van der Waals surface area contributed by atoms with E-state index >= 15 is 0 Å². The monoisotopic (exact) mass is 402 g/mol. The average Bonchev–Trinajstić information content (AvgIpc) is 3.06. The molecule has 2 N–H and O–H groups in total. The molecule has 1 aromatic carbocycles. The molecule has 1 aromatic heterocycles. The number of nitrogens with zero attached hydrogens (tertiary/aromatic N) is 3. The number of imidazole rings is 1. The van der Waals surface area contributed by atoms with Crippen molar-refractivity contribution in [2.24, 2.45) is 7.05 Å². The molecule has 0 aliphatic carbocycles. The molecule has 152 valence electrons. The van der Waals surface area contributed by atoms with E-state index in [9.17, 15) is 33.2 Å². The van der Waals surface area contributed by atoms with Gasteiger partial charge in [0.25, 0.3) is 5.69 Å². The van der Waals surface area contributed by atoms with Gasteiger partial charge in [0.05, 0.1) is 12.0 Å². The highest BCUT2D eigenvalue weighted by Crippen LogP contribution is 2.40. The minimum atomic E-state index is -4.99. The van der Waals surface area contributed by atoms with E-state index in [1.807, 2.05) is 0 Å². The largest absolute Gasteiger partial charge is 0.465 e. The Hall–Kier alpha value is -3.15. The minimum Gasteiger partial charge on any atom is -0.465 e. The first-order valence-corrected chi connectivity index (χ1v) is 7.89. The molecule has 0 radical (unpaired) electrons. The van der Waals surface area contributed by atoms with Gasteiger partial charge in [-0.1, -0.05) is 0 Å². The number of anilines is 1. The van der Waals surface area contributed by atoms with Crippen LogP contribution in [0.3, 0.4) is 0 Å². The predicted octanol–water partition coefficient (Wildman–Crippen LogP) is 2.37. The number of carbonyl (C=O) groups is 1. The molecule has 0 saturated carbocycles. The zero-order valence-corrected chi connectivity index (χ0v) is 14.9. The fraction of sp³-hybridized carbons (Fsp3) is 0.375. The maximum absolute atomic E-state index is 13.5. The summed E-state index contributed by atoms with van der Waals surface area (Å²) in [6.07, 6.45) is -3.36. The highest BCUT2D eigenvalue weighted by Gasteiger charge is 2.57. The second kappa shape index (κ2) is 7.84. The molecule has 0 fully saturated rings. The lowest BCUT2D eigenvalue weighted by atomic mass is 9.97. The molecule has 12 heteroatoms. The van der Waals surface area contributed by atoms with Crippen molar-refractivity contribution in [1.82, 2.24) is 9.55 Å². The van der Waals surface area contributed by atoms with Crippen molar-refractivity contribution in [3.8, 4) is 0 Å². The normalized spacial score (nSPS) is 13.6. The van der Waals surface area contributed by atoms with Crippen LogP contribution in [0.2, 0.25) is 0 Å². The molecule has 28 heavy (non-hydrogen) atoms. The second-order valence-corrected chi connectivity index (χ2v) is 5.88. The summed E-state index contributed by atoms with van der Waals surface area (Å²) < 4.78 is 45.9. The summed E-state index contributed by atoms with van der Waals surface area (Å²) in [4.78, 5) is 25.5. The van der Waals surface area contributed by atoms with Gasteiger partial charge >= 0.3 is 12.1 Å². The molecule has 9 nitrogen and oxygen atoms in total. The predicted molar refractivity (Wildman–Crippen MR) is 90.7 cm³/mol. The summed E-state index contributed by atoms with van der Waals surface area (Å²) >= 11 is 0. The van der Waals surface area contributed by atoms with Crippen LogP contribution in [-0.4, -0.2) is 45.4 Å². The van der Waals surface area contributed by atoms with Crippen LogP contribution in [0.25, 0.3) is 0 Å². The quantitative estimate of drug-likeness (QED) is 0.414. The van der Waals surface area contributed by atoms with E-state index in [0.717, 1.165) is 30.0 Å². The van der Waals surface area contributed by atoms with Crippen molar-refractivity contribution in [2.45, 2.75) is 18.2 Å². The molecule has 0 amide bonds. The SMILES string of the molecule is COC(=O)c1cc(NCCC(O)(c2nccn2C)C(F)(F)F)ccc1[N+](=O)[O-]. The van der Waals surface area contributed by atoms with E-state index in [1.54, 1.807) is 0 Å². The van der Waals surface area contributed by atoms with Crippen LogP contribution >= 0.6 is 0 Å². The van der Waals surface area contributed by atoms with Crippen LogP contribution < -0.4 is 5.32 Å². The number of aromatic nitrogens is 2. The van der Waals surface area contributed by atoms with Gasteiger partial charge in [-0.2, -0.15) is 13.2 Å². The van der Waals surface area contributed by atoms with Gasteiger partial charge in [-0.25, -0.2) is 9.78 Å². The topological polar surface area (TPSA) is 120 Å². The minimum absolute atomic E-state index is 0.148. The number of rotatable bonds is 7. The van der Waals surface area contributed by atoms with Crippen molar-refractivity contribution in [3.05, 3.63) is 52.1 Å². The van der Waals surface area contributed by atoms with Gasteiger partial charge in [0, 0.05) is 44.2 Å². The molecule has 1 unspecified atom stereocenters. The molecule has 0 aliphatic rings. The maximum atomic E-state index is 13.5. The van der Waals surface area contributed by atoms with E-state index in [0.29, 0.717) is 0 Å². The summed E-state index contributed by atoms with van der Waals surface area (Å²) in [7, 11) is 2.37. The Kier molecular flexibility index (Phi) is 5.92. The number of hydrogen-bond donors (Lipinski definition) is 2. The van der Waals surface area contributed by atoms with Crippen LogP contribution in [0, 0.1) is 10.1 Å². The fourth-order valence-electron chi connectivity index (χ4n) is 2.61. The number of hydrogen-bond acceptors (Lipinski definition) is 7. The molecule has 0 bridgehead atoms. The summed E-state index contributed by atoms with van der Waals surface area (Å²) in [6.45, 7) is -0.360. The van der Waals surface area contributed by atoms with Crippen LogP contribution in [0.1, 0.15) is 22.6 Å². The Labute approximate surface area is 156 Å². The average molecular weight is 402 g/mol. The summed E-state index contributed by atoms with van der Waals surface area (Å²) in [5.41, 5.74) is -3.91. The highest BCUT2D eigenvalue weighted by molar-refractivity contribution is 5.95. The molecule has 2 aromatic rings. The number of nitrogens with one attached hydrogen (secondary N) is 1. The zero-order valence-electron chi connectivity index (χ0n) is 14.9. The van der Waals surface area contributed by atoms with Crippen molar-refractivity contribution in [2.75, 3.05) is 19.0 Å². The molecule has 0 aliphatic heterocycles. The molecule has 1 heterocycles. The van der Waals surface area contributed by atoms with Crippen LogP contribution in [-0.2, 0) is 17.4 Å². The lowest BCUT2D eigenvalue weighted by Crippen LogP contribution is -2.45. The molecular formula is C16H17F3N4O5. The lowest BCUT2D eigenvalue weighted by molar-refractivity contribution is -0.385. The van der Waals surface area contributed by atoms with Crippen molar-refractivity contribution in [1.29, 1.82) is 0 Å².